The van der Waals surface area contributed by atoms with Crippen LogP contribution in [0.2, 0.25) is 0 Å². The third kappa shape index (κ3) is 3.15. The number of hydrogen-bond donors (Lipinski definition) is 0. The summed E-state index contributed by atoms with van der Waals surface area (Å²) in [5, 5.41) is 4.22. The Hall–Kier alpha value is -2.70. The van der Waals surface area contributed by atoms with E-state index >= 15 is 0 Å². The van der Waals surface area contributed by atoms with Crippen LogP contribution in [-0.4, -0.2) is 42.4 Å². The van der Waals surface area contributed by atoms with Crippen molar-refractivity contribution in [2.24, 2.45) is 13.0 Å². The molecule has 0 amide bonds. The first-order chi connectivity index (χ1) is 11.8. The fourth-order valence-electron chi connectivity index (χ4n) is 3.22. The van der Waals surface area contributed by atoms with Gasteiger partial charge in [0, 0.05) is 57.0 Å². The zero-order valence-electron chi connectivity index (χ0n) is 13.8. The largest absolute Gasteiger partial charge is 0.341 e. The Morgan fingerprint density at radius 2 is 2.08 bits per heavy atom. The maximum atomic E-state index is 4.73. The molecule has 4 rings (SSSR count). The van der Waals surface area contributed by atoms with Crippen LogP contribution in [0.1, 0.15) is 12.8 Å². The molecule has 3 aromatic heterocycles. The van der Waals surface area contributed by atoms with Gasteiger partial charge in [0.15, 0.2) is 0 Å². The Kier molecular flexibility index (Phi) is 3.98. The molecule has 1 aliphatic rings. The van der Waals surface area contributed by atoms with E-state index < -0.39 is 0 Å². The molecule has 0 spiro atoms. The Morgan fingerprint density at radius 3 is 2.79 bits per heavy atom. The maximum Gasteiger partial charge on any atom is 0.225 e. The number of hydrogen-bond acceptors (Lipinski definition) is 5. The molecule has 0 bridgehead atoms. The monoisotopic (exact) mass is 323 g/mol. The zero-order valence-corrected chi connectivity index (χ0v) is 13.8. The molecule has 0 aromatic carbocycles. The van der Waals surface area contributed by atoms with Crippen molar-refractivity contribution in [1.29, 1.82) is 0 Å². The van der Waals surface area contributed by atoms with Crippen LogP contribution in [0.3, 0.4) is 0 Å². The normalized spacial score (nSPS) is 15.8. The van der Waals surface area contributed by atoms with Gasteiger partial charge in [0.1, 0.15) is 0 Å². The molecule has 0 unspecified atom stereocenters. The van der Waals surface area contributed by atoms with E-state index in [-0.39, 0.29) is 0 Å². The minimum absolute atomic E-state index is 0.692. The Morgan fingerprint density at radius 1 is 1.21 bits per heavy atom. The van der Waals surface area contributed by atoms with Crippen molar-refractivity contribution in [2.45, 2.75) is 19.4 Å². The van der Waals surface area contributed by atoms with Crippen molar-refractivity contribution in [3.05, 3.63) is 43.4 Å². The molecule has 3 aromatic rings. The number of rotatable bonds is 4. The van der Waals surface area contributed by atoms with Crippen molar-refractivity contribution in [2.75, 3.05) is 18.0 Å². The van der Waals surface area contributed by atoms with Crippen LogP contribution < -0.4 is 4.90 Å². The van der Waals surface area contributed by atoms with Gasteiger partial charge in [-0.3, -0.25) is 4.68 Å². The highest BCUT2D eigenvalue weighted by Gasteiger charge is 2.21. The van der Waals surface area contributed by atoms with Crippen LogP contribution in [0, 0.1) is 5.92 Å². The van der Waals surface area contributed by atoms with Gasteiger partial charge in [-0.1, -0.05) is 0 Å². The highest BCUT2D eigenvalue weighted by atomic mass is 15.3. The third-order valence-electron chi connectivity index (χ3n) is 4.57. The predicted molar refractivity (Wildman–Crippen MR) is 91.4 cm³/mol. The molecule has 1 aliphatic heterocycles. The third-order valence-corrected chi connectivity index (χ3v) is 4.57. The van der Waals surface area contributed by atoms with Crippen molar-refractivity contribution in [3.8, 4) is 11.3 Å². The molecule has 1 fully saturated rings. The summed E-state index contributed by atoms with van der Waals surface area (Å²) in [5.74, 6) is 1.51. The van der Waals surface area contributed by atoms with E-state index in [9.17, 15) is 0 Å². The SMILES string of the molecule is Cn1cc(-c2ccnc(N3CCC(Cn4ccnc4)CC3)n2)cn1. The maximum absolute atomic E-state index is 4.73. The predicted octanol–water partition coefficient (Wildman–Crippen LogP) is 1.99. The lowest BCUT2D eigenvalue weighted by Crippen LogP contribution is -2.36. The summed E-state index contributed by atoms with van der Waals surface area (Å²) >= 11 is 0. The number of imidazole rings is 1. The molecule has 7 heteroatoms. The second-order valence-corrected chi connectivity index (χ2v) is 6.33. The average molecular weight is 323 g/mol. The molecule has 0 radical (unpaired) electrons. The zero-order chi connectivity index (χ0) is 16.4. The molecule has 1 saturated heterocycles. The molecule has 24 heavy (non-hydrogen) atoms. The van der Waals surface area contributed by atoms with Gasteiger partial charge >= 0.3 is 0 Å². The Bertz CT molecular complexity index is 785. The fraction of sp³-hybridized carbons (Fsp3) is 0.412. The average Bonchev–Trinajstić information content (AvgIpc) is 3.27. The first-order valence-electron chi connectivity index (χ1n) is 8.31. The van der Waals surface area contributed by atoms with E-state index in [0.29, 0.717) is 5.92 Å². The topological polar surface area (TPSA) is 64.7 Å². The quantitative estimate of drug-likeness (QED) is 0.735. The van der Waals surface area contributed by atoms with Crippen molar-refractivity contribution in [3.63, 3.8) is 0 Å². The lowest BCUT2D eigenvalue weighted by Gasteiger charge is -2.32. The van der Waals surface area contributed by atoms with E-state index in [2.05, 4.69) is 24.5 Å². The smallest absolute Gasteiger partial charge is 0.225 e. The Balaban J connectivity index is 1.42. The van der Waals surface area contributed by atoms with Crippen molar-refractivity contribution in [1.82, 2.24) is 29.3 Å². The number of nitrogens with zero attached hydrogens (tertiary/aromatic N) is 7. The van der Waals surface area contributed by atoms with E-state index in [1.807, 2.05) is 50.4 Å². The van der Waals surface area contributed by atoms with E-state index in [1.165, 1.54) is 0 Å². The van der Waals surface area contributed by atoms with Gasteiger partial charge in [-0.25, -0.2) is 15.0 Å². The van der Waals surface area contributed by atoms with E-state index in [4.69, 9.17) is 4.98 Å². The summed E-state index contributed by atoms with van der Waals surface area (Å²) in [6.07, 6.45) is 13.7. The van der Waals surface area contributed by atoms with Crippen LogP contribution in [-0.2, 0) is 13.6 Å². The second kappa shape index (κ2) is 6.43. The lowest BCUT2D eigenvalue weighted by atomic mass is 9.97. The number of anilines is 1. The van der Waals surface area contributed by atoms with Crippen molar-refractivity contribution >= 4 is 5.95 Å². The Labute approximate surface area is 141 Å². The second-order valence-electron chi connectivity index (χ2n) is 6.33. The molecular formula is C17H21N7. The molecule has 0 aliphatic carbocycles. The highest BCUT2D eigenvalue weighted by molar-refractivity contribution is 5.58. The summed E-state index contributed by atoms with van der Waals surface area (Å²) in [5.41, 5.74) is 1.95. The van der Waals surface area contributed by atoms with Gasteiger partial charge in [-0.2, -0.15) is 5.10 Å². The van der Waals surface area contributed by atoms with Crippen LogP contribution in [0.15, 0.2) is 43.4 Å². The minimum Gasteiger partial charge on any atom is -0.341 e. The van der Waals surface area contributed by atoms with Crippen LogP contribution in [0.4, 0.5) is 5.95 Å². The van der Waals surface area contributed by atoms with Gasteiger partial charge in [-0.15, -0.1) is 0 Å². The fourth-order valence-corrected chi connectivity index (χ4v) is 3.22. The molecular weight excluding hydrogens is 302 g/mol. The van der Waals surface area contributed by atoms with Gasteiger partial charge in [0.25, 0.3) is 0 Å². The van der Waals surface area contributed by atoms with Gasteiger partial charge in [0.05, 0.1) is 18.2 Å². The molecule has 0 saturated carbocycles. The molecule has 7 nitrogen and oxygen atoms in total. The van der Waals surface area contributed by atoms with Crippen molar-refractivity contribution < 1.29 is 0 Å². The summed E-state index contributed by atoms with van der Waals surface area (Å²) in [6, 6.07) is 1.94. The standard InChI is InChI=1S/C17H21N7/c1-22-12-15(10-20-22)16-2-5-19-17(21-16)24-7-3-14(4-8-24)11-23-9-6-18-13-23/h2,5-6,9-10,12-14H,3-4,7-8,11H2,1H3. The summed E-state index contributed by atoms with van der Waals surface area (Å²) < 4.78 is 3.96. The first kappa shape index (κ1) is 14.9. The van der Waals surface area contributed by atoms with Gasteiger partial charge < -0.3 is 9.47 Å². The molecule has 124 valence electrons. The summed E-state index contributed by atoms with van der Waals surface area (Å²) in [7, 11) is 1.91. The summed E-state index contributed by atoms with van der Waals surface area (Å²) in [4.78, 5) is 15.6. The number of aromatic nitrogens is 6. The highest BCUT2D eigenvalue weighted by Crippen LogP contribution is 2.24. The molecule has 0 atom stereocenters. The minimum atomic E-state index is 0.692. The van der Waals surface area contributed by atoms with E-state index in [1.54, 1.807) is 4.68 Å². The number of piperidine rings is 1. The first-order valence-corrected chi connectivity index (χ1v) is 8.31. The van der Waals surface area contributed by atoms with Gasteiger partial charge in [-0.05, 0) is 24.8 Å². The van der Waals surface area contributed by atoms with Gasteiger partial charge in [0.2, 0.25) is 5.95 Å². The summed E-state index contributed by atoms with van der Waals surface area (Å²) in [6.45, 7) is 3.04. The molecule has 0 N–H and O–H groups in total. The number of aryl methyl sites for hydroxylation is 1. The van der Waals surface area contributed by atoms with Crippen LogP contribution in [0.5, 0.6) is 0 Å². The van der Waals surface area contributed by atoms with Crippen LogP contribution >= 0.6 is 0 Å². The van der Waals surface area contributed by atoms with Crippen LogP contribution in [0.25, 0.3) is 11.3 Å². The molecule has 4 heterocycles. The van der Waals surface area contributed by atoms with E-state index in [0.717, 1.165) is 49.7 Å². The lowest BCUT2D eigenvalue weighted by molar-refractivity contribution is 0.355.